The Hall–Kier alpha value is -0.820. The summed E-state index contributed by atoms with van der Waals surface area (Å²) >= 11 is 0. The first kappa shape index (κ1) is 19.9. The molecule has 10 nitrogen and oxygen atoms in total. The number of rotatable bonds is 3. The summed E-state index contributed by atoms with van der Waals surface area (Å²) in [7, 11) is 0. The molecule has 2 fully saturated rings. The molecule has 10 atom stereocenters. The van der Waals surface area contributed by atoms with Gasteiger partial charge in [-0.15, -0.1) is 0 Å². The molecule has 0 spiro atoms. The molecule has 7 N–H and O–H groups in total. The summed E-state index contributed by atoms with van der Waals surface area (Å²) in [6.07, 6.45) is -9.04. The second-order valence-corrected chi connectivity index (χ2v) is 7.52. The minimum absolute atomic E-state index is 0.128. The fraction of sp³-hybridized carbons (Fsp3) is 0.875. The van der Waals surface area contributed by atoms with Crippen LogP contribution in [0.4, 0.5) is 0 Å². The van der Waals surface area contributed by atoms with E-state index in [-0.39, 0.29) is 6.42 Å². The summed E-state index contributed by atoms with van der Waals surface area (Å²) in [5.74, 6) is -1.11. The number of fused-ring (bicyclic) bond motifs is 1. The molecule has 3 rings (SSSR count). The highest BCUT2D eigenvalue weighted by molar-refractivity contribution is 5.28. The van der Waals surface area contributed by atoms with Crippen LogP contribution in [-0.4, -0.2) is 96.7 Å². The number of ether oxygens (including phenoxy) is 3. The van der Waals surface area contributed by atoms with E-state index in [2.05, 4.69) is 0 Å². The lowest BCUT2D eigenvalue weighted by Gasteiger charge is -2.46. The van der Waals surface area contributed by atoms with Crippen LogP contribution in [0.25, 0.3) is 0 Å². The SMILES string of the molecule is CC1=COC(OC2OC(CO)C(O)C(O)C2O)C2C(C)(O)CC(O)C12O. The molecule has 1 aliphatic carbocycles. The highest BCUT2D eigenvalue weighted by Gasteiger charge is 2.66. The van der Waals surface area contributed by atoms with Gasteiger partial charge in [-0.3, -0.25) is 0 Å². The van der Waals surface area contributed by atoms with Crippen LogP contribution in [0.2, 0.25) is 0 Å². The quantitative estimate of drug-likeness (QED) is 0.267. The molecule has 0 radical (unpaired) electrons. The standard InChI is InChI=1S/C16H26O10/c1-6-5-24-14(12-15(2,22)3-8(18)16(6,12)23)26-13-11(21)10(20)9(19)7(4-17)25-13/h5,7-14,17-23H,3-4H2,1-2H3. The van der Waals surface area contributed by atoms with Crippen LogP contribution in [0.5, 0.6) is 0 Å². The Bertz CT molecular complexity index is 563. The van der Waals surface area contributed by atoms with Crippen LogP contribution in [-0.2, 0) is 14.2 Å². The minimum atomic E-state index is -1.81. The largest absolute Gasteiger partial charge is 0.472 e. The van der Waals surface area contributed by atoms with Crippen LogP contribution >= 0.6 is 0 Å². The predicted octanol–water partition coefficient (Wildman–Crippen LogP) is -3.07. The van der Waals surface area contributed by atoms with Gasteiger partial charge in [0.05, 0.1) is 30.5 Å². The Kier molecular flexibility index (Phi) is 5.10. The second kappa shape index (κ2) is 6.66. The normalized spacial score (nSPS) is 54.4. The first-order chi connectivity index (χ1) is 12.0. The number of hydrogen-bond acceptors (Lipinski definition) is 10. The molecule has 0 amide bonds. The third-order valence-corrected chi connectivity index (χ3v) is 5.66. The van der Waals surface area contributed by atoms with E-state index in [1.807, 2.05) is 0 Å². The minimum Gasteiger partial charge on any atom is -0.472 e. The molecule has 1 saturated heterocycles. The maximum absolute atomic E-state index is 11.0. The molecule has 10 heteroatoms. The van der Waals surface area contributed by atoms with Gasteiger partial charge in [-0.2, -0.15) is 0 Å². The Labute approximate surface area is 149 Å². The van der Waals surface area contributed by atoms with E-state index in [0.717, 1.165) is 0 Å². The van der Waals surface area contributed by atoms with Gasteiger partial charge in [-0.1, -0.05) is 0 Å². The third kappa shape index (κ3) is 2.86. The first-order valence-electron chi connectivity index (χ1n) is 8.45. The van der Waals surface area contributed by atoms with Gasteiger partial charge >= 0.3 is 0 Å². The van der Waals surface area contributed by atoms with Crippen LogP contribution in [0.15, 0.2) is 11.8 Å². The maximum Gasteiger partial charge on any atom is 0.210 e. The molecule has 3 aliphatic rings. The zero-order valence-corrected chi connectivity index (χ0v) is 14.5. The molecular weight excluding hydrogens is 352 g/mol. The van der Waals surface area contributed by atoms with Crippen LogP contribution in [0.1, 0.15) is 20.3 Å². The molecule has 26 heavy (non-hydrogen) atoms. The van der Waals surface area contributed by atoms with Crippen molar-refractivity contribution in [1.29, 1.82) is 0 Å². The fourth-order valence-electron chi connectivity index (χ4n) is 4.13. The number of hydrogen-bond donors (Lipinski definition) is 7. The number of aliphatic hydroxyl groups is 7. The Morgan fingerprint density at radius 1 is 1.12 bits per heavy atom. The summed E-state index contributed by atoms with van der Waals surface area (Å²) in [6.45, 7) is 2.34. The van der Waals surface area contributed by atoms with E-state index in [9.17, 15) is 35.7 Å². The van der Waals surface area contributed by atoms with Crippen LogP contribution in [0.3, 0.4) is 0 Å². The molecule has 0 bridgehead atoms. The van der Waals surface area contributed by atoms with E-state index >= 15 is 0 Å². The van der Waals surface area contributed by atoms with Gasteiger partial charge in [0, 0.05) is 6.42 Å². The third-order valence-electron chi connectivity index (χ3n) is 5.66. The topological polar surface area (TPSA) is 169 Å². The second-order valence-electron chi connectivity index (χ2n) is 7.52. The lowest BCUT2D eigenvalue weighted by Crippen LogP contribution is -2.62. The van der Waals surface area contributed by atoms with E-state index < -0.39 is 66.8 Å². The lowest BCUT2D eigenvalue weighted by atomic mass is 9.77. The van der Waals surface area contributed by atoms with Crippen molar-refractivity contribution in [3.05, 3.63) is 11.8 Å². The highest BCUT2D eigenvalue weighted by atomic mass is 16.8. The smallest absolute Gasteiger partial charge is 0.210 e. The van der Waals surface area contributed by atoms with Crippen molar-refractivity contribution in [3.63, 3.8) is 0 Å². The monoisotopic (exact) mass is 378 g/mol. The van der Waals surface area contributed by atoms with Gasteiger partial charge in [0.15, 0.2) is 6.29 Å². The van der Waals surface area contributed by atoms with E-state index in [1.165, 1.54) is 13.2 Å². The van der Waals surface area contributed by atoms with Gasteiger partial charge in [0.1, 0.15) is 30.0 Å². The lowest BCUT2D eigenvalue weighted by molar-refractivity contribution is -0.352. The molecule has 0 aromatic heterocycles. The van der Waals surface area contributed by atoms with Crippen molar-refractivity contribution in [2.45, 2.75) is 74.6 Å². The Balaban J connectivity index is 1.85. The Morgan fingerprint density at radius 3 is 2.38 bits per heavy atom. The van der Waals surface area contributed by atoms with Crippen molar-refractivity contribution in [2.75, 3.05) is 6.61 Å². The Morgan fingerprint density at radius 2 is 1.77 bits per heavy atom. The maximum atomic E-state index is 11.0. The molecule has 0 aromatic rings. The van der Waals surface area contributed by atoms with Crippen molar-refractivity contribution in [3.8, 4) is 0 Å². The van der Waals surface area contributed by atoms with Gasteiger partial charge in [0.25, 0.3) is 0 Å². The summed E-state index contributed by atoms with van der Waals surface area (Å²) < 4.78 is 16.3. The molecule has 150 valence electrons. The van der Waals surface area contributed by atoms with E-state index in [0.29, 0.717) is 5.57 Å². The van der Waals surface area contributed by atoms with E-state index in [4.69, 9.17) is 14.2 Å². The highest BCUT2D eigenvalue weighted by Crippen LogP contribution is 2.52. The van der Waals surface area contributed by atoms with Gasteiger partial charge < -0.3 is 50.0 Å². The van der Waals surface area contributed by atoms with Gasteiger partial charge in [0.2, 0.25) is 6.29 Å². The number of aliphatic hydroxyl groups excluding tert-OH is 5. The molecular formula is C16H26O10. The van der Waals surface area contributed by atoms with Crippen LogP contribution < -0.4 is 0 Å². The predicted molar refractivity (Wildman–Crippen MR) is 83.2 cm³/mol. The van der Waals surface area contributed by atoms with Crippen LogP contribution in [0, 0.1) is 5.92 Å². The summed E-state index contributed by atoms with van der Waals surface area (Å²) in [5.41, 5.74) is -3.05. The van der Waals surface area contributed by atoms with Crippen molar-refractivity contribution >= 4 is 0 Å². The molecule has 2 aliphatic heterocycles. The fourth-order valence-corrected chi connectivity index (χ4v) is 4.13. The van der Waals surface area contributed by atoms with Crippen molar-refractivity contribution in [1.82, 2.24) is 0 Å². The van der Waals surface area contributed by atoms with Gasteiger partial charge in [-0.05, 0) is 19.4 Å². The van der Waals surface area contributed by atoms with Crippen molar-refractivity contribution < 1.29 is 50.0 Å². The van der Waals surface area contributed by atoms with Crippen molar-refractivity contribution in [2.24, 2.45) is 5.92 Å². The molecule has 2 heterocycles. The molecule has 10 unspecified atom stereocenters. The zero-order chi connectivity index (χ0) is 19.4. The first-order valence-corrected chi connectivity index (χ1v) is 8.45. The average molecular weight is 378 g/mol. The summed E-state index contributed by atoms with van der Waals surface area (Å²) in [6, 6.07) is 0. The molecule has 0 aromatic carbocycles. The summed E-state index contributed by atoms with van der Waals surface area (Å²) in [5, 5.41) is 70.9. The van der Waals surface area contributed by atoms with E-state index in [1.54, 1.807) is 6.92 Å². The van der Waals surface area contributed by atoms with Gasteiger partial charge in [-0.25, -0.2) is 0 Å². The molecule has 1 saturated carbocycles. The average Bonchev–Trinajstić information content (AvgIpc) is 2.77. The zero-order valence-electron chi connectivity index (χ0n) is 14.5. The summed E-state index contributed by atoms with van der Waals surface area (Å²) in [4.78, 5) is 0.